The lowest BCUT2D eigenvalue weighted by Crippen LogP contribution is -2.32. The van der Waals surface area contributed by atoms with Crippen molar-refractivity contribution in [1.82, 2.24) is 0 Å². The molecule has 3 nitrogen and oxygen atoms in total. The van der Waals surface area contributed by atoms with Gasteiger partial charge in [0.25, 0.3) is 0 Å². The van der Waals surface area contributed by atoms with Crippen LogP contribution in [0.3, 0.4) is 0 Å². The first-order chi connectivity index (χ1) is 7.77. The molecular weight excluding hydrogens is 207 g/mol. The SMILES string of the molecule is N#Cc1c(F)cccc1N1CCC[C@H]1CO. The number of halogens is 1. The van der Waals surface area contributed by atoms with Crippen LogP contribution >= 0.6 is 0 Å². The Morgan fingerprint density at radius 3 is 3.06 bits per heavy atom. The molecular formula is C12H13FN2O. The number of benzene rings is 1. The van der Waals surface area contributed by atoms with E-state index in [4.69, 9.17) is 5.26 Å². The summed E-state index contributed by atoms with van der Waals surface area (Å²) in [6, 6.07) is 6.51. The van der Waals surface area contributed by atoms with E-state index in [0.29, 0.717) is 5.69 Å². The fourth-order valence-electron chi connectivity index (χ4n) is 2.21. The quantitative estimate of drug-likeness (QED) is 0.824. The number of hydrogen-bond donors (Lipinski definition) is 1. The minimum absolute atomic E-state index is 0.00824. The van der Waals surface area contributed by atoms with Crippen molar-refractivity contribution >= 4 is 5.69 Å². The molecule has 1 N–H and O–H groups in total. The number of rotatable bonds is 2. The van der Waals surface area contributed by atoms with E-state index in [2.05, 4.69) is 0 Å². The zero-order chi connectivity index (χ0) is 11.5. The highest BCUT2D eigenvalue weighted by molar-refractivity contribution is 5.61. The molecule has 1 heterocycles. The summed E-state index contributed by atoms with van der Waals surface area (Å²) in [6.45, 7) is 0.810. The number of nitriles is 1. The van der Waals surface area contributed by atoms with E-state index >= 15 is 0 Å². The van der Waals surface area contributed by atoms with Crippen molar-refractivity contribution in [3.63, 3.8) is 0 Å². The molecule has 0 aromatic heterocycles. The minimum atomic E-state index is -0.497. The predicted octanol–water partition coefficient (Wildman–Crippen LogP) is 1.66. The van der Waals surface area contributed by atoms with Crippen LogP contribution in [0.15, 0.2) is 18.2 Å². The van der Waals surface area contributed by atoms with E-state index in [0.717, 1.165) is 19.4 Å². The van der Waals surface area contributed by atoms with Gasteiger partial charge in [-0.3, -0.25) is 0 Å². The molecule has 0 unspecified atom stereocenters. The van der Waals surface area contributed by atoms with Crippen LogP contribution in [0.4, 0.5) is 10.1 Å². The second-order valence-electron chi connectivity index (χ2n) is 3.92. The molecule has 1 fully saturated rings. The monoisotopic (exact) mass is 220 g/mol. The Morgan fingerprint density at radius 1 is 1.56 bits per heavy atom. The highest BCUT2D eigenvalue weighted by Crippen LogP contribution is 2.29. The van der Waals surface area contributed by atoms with Crippen molar-refractivity contribution in [3.8, 4) is 6.07 Å². The topological polar surface area (TPSA) is 47.3 Å². The van der Waals surface area contributed by atoms with Gasteiger partial charge in [-0.2, -0.15) is 5.26 Å². The Kier molecular flexibility index (Phi) is 3.07. The molecule has 1 atom stereocenters. The van der Waals surface area contributed by atoms with Crippen molar-refractivity contribution in [3.05, 3.63) is 29.6 Å². The van der Waals surface area contributed by atoms with E-state index < -0.39 is 5.82 Å². The second kappa shape index (κ2) is 4.50. The minimum Gasteiger partial charge on any atom is -0.394 e. The van der Waals surface area contributed by atoms with E-state index in [9.17, 15) is 9.50 Å². The molecule has 1 aromatic carbocycles. The zero-order valence-electron chi connectivity index (χ0n) is 8.86. The summed E-state index contributed by atoms with van der Waals surface area (Å²) in [6.07, 6.45) is 1.85. The van der Waals surface area contributed by atoms with Gasteiger partial charge in [0.15, 0.2) is 0 Å². The smallest absolute Gasteiger partial charge is 0.143 e. The Morgan fingerprint density at radius 2 is 2.38 bits per heavy atom. The van der Waals surface area contributed by atoms with Gasteiger partial charge in [-0.05, 0) is 25.0 Å². The Bertz CT molecular complexity index is 428. The molecule has 0 saturated carbocycles. The first kappa shape index (κ1) is 10.9. The fraction of sp³-hybridized carbons (Fsp3) is 0.417. The van der Waals surface area contributed by atoms with Crippen molar-refractivity contribution in [2.75, 3.05) is 18.1 Å². The molecule has 0 amide bonds. The molecule has 0 bridgehead atoms. The molecule has 16 heavy (non-hydrogen) atoms. The lowest BCUT2D eigenvalue weighted by Gasteiger charge is -2.26. The highest BCUT2D eigenvalue weighted by Gasteiger charge is 2.26. The lowest BCUT2D eigenvalue weighted by atomic mass is 10.1. The number of hydrogen-bond acceptors (Lipinski definition) is 3. The Balaban J connectivity index is 2.40. The Labute approximate surface area is 93.7 Å². The third kappa shape index (κ3) is 1.74. The van der Waals surface area contributed by atoms with E-state index in [-0.39, 0.29) is 18.2 Å². The van der Waals surface area contributed by atoms with Gasteiger partial charge in [-0.15, -0.1) is 0 Å². The number of aliphatic hydroxyl groups excluding tert-OH is 1. The molecule has 84 valence electrons. The van der Waals surface area contributed by atoms with Crippen LogP contribution in [0.5, 0.6) is 0 Å². The summed E-state index contributed by atoms with van der Waals surface area (Å²) < 4.78 is 13.4. The molecule has 1 aliphatic rings. The van der Waals surface area contributed by atoms with Crippen molar-refractivity contribution < 1.29 is 9.50 Å². The molecule has 1 aromatic rings. The summed E-state index contributed by atoms with van der Waals surface area (Å²) >= 11 is 0. The van der Waals surface area contributed by atoms with Gasteiger partial charge in [-0.1, -0.05) is 6.07 Å². The number of nitrogens with zero attached hydrogens (tertiary/aromatic N) is 2. The standard InChI is InChI=1S/C12H13FN2O/c13-11-4-1-5-12(10(11)7-14)15-6-2-3-9(15)8-16/h1,4-5,9,16H,2-3,6,8H2/t9-/m0/s1. The number of aliphatic hydroxyl groups is 1. The number of anilines is 1. The average molecular weight is 220 g/mol. The van der Waals surface area contributed by atoms with Gasteiger partial charge in [-0.25, -0.2) is 4.39 Å². The zero-order valence-corrected chi connectivity index (χ0v) is 8.86. The van der Waals surface area contributed by atoms with Crippen LogP contribution in [0.25, 0.3) is 0 Å². The van der Waals surface area contributed by atoms with Crippen molar-refractivity contribution in [2.24, 2.45) is 0 Å². The molecule has 0 aliphatic carbocycles. The van der Waals surface area contributed by atoms with Crippen LogP contribution in [0.1, 0.15) is 18.4 Å². The van der Waals surface area contributed by atoms with Gasteiger partial charge >= 0.3 is 0 Å². The van der Waals surface area contributed by atoms with Crippen LogP contribution in [0, 0.1) is 17.1 Å². The Hall–Kier alpha value is -1.60. The third-order valence-corrected chi connectivity index (χ3v) is 3.00. The second-order valence-corrected chi connectivity index (χ2v) is 3.92. The van der Waals surface area contributed by atoms with Crippen LogP contribution < -0.4 is 4.90 Å². The molecule has 0 spiro atoms. The van der Waals surface area contributed by atoms with Gasteiger partial charge in [0.2, 0.25) is 0 Å². The van der Waals surface area contributed by atoms with Crippen LogP contribution in [0.2, 0.25) is 0 Å². The highest BCUT2D eigenvalue weighted by atomic mass is 19.1. The van der Waals surface area contributed by atoms with E-state index in [1.165, 1.54) is 6.07 Å². The molecule has 2 rings (SSSR count). The van der Waals surface area contributed by atoms with Gasteiger partial charge in [0.1, 0.15) is 17.4 Å². The van der Waals surface area contributed by atoms with Crippen molar-refractivity contribution in [1.29, 1.82) is 5.26 Å². The van der Waals surface area contributed by atoms with Crippen LogP contribution in [-0.2, 0) is 0 Å². The fourth-order valence-corrected chi connectivity index (χ4v) is 2.21. The normalized spacial score (nSPS) is 19.8. The van der Waals surface area contributed by atoms with E-state index in [1.54, 1.807) is 12.1 Å². The maximum absolute atomic E-state index is 13.4. The lowest BCUT2D eigenvalue weighted by molar-refractivity contribution is 0.266. The summed E-state index contributed by atoms with van der Waals surface area (Å²) in [5.74, 6) is -0.497. The first-order valence-corrected chi connectivity index (χ1v) is 5.34. The summed E-state index contributed by atoms with van der Waals surface area (Å²) in [5.41, 5.74) is 0.668. The average Bonchev–Trinajstić information content (AvgIpc) is 2.76. The first-order valence-electron chi connectivity index (χ1n) is 5.34. The van der Waals surface area contributed by atoms with E-state index in [1.807, 2.05) is 11.0 Å². The maximum atomic E-state index is 13.4. The summed E-state index contributed by atoms with van der Waals surface area (Å²) in [4.78, 5) is 1.92. The van der Waals surface area contributed by atoms with Gasteiger partial charge in [0.05, 0.1) is 18.3 Å². The summed E-state index contributed by atoms with van der Waals surface area (Å²) in [5, 5.41) is 18.2. The molecule has 0 radical (unpaired) electrons. The third-order valence-electron chi connectivity index (χ3n) is 3.00. The maximum Gasteiger partial charge on any atom is 0.143 e. The van der Waals surface area contributed by atoms with Gasteiger partial charge < -0.3 is 10.0 Å². The molecule has 1 aliphatic heterocycles. The molecule has 4 heteroatoms. The van der Waals surface area contributed by atoms with Gasteiger partial charge in [0, 0.05) is 6.54 Å². The molecule has 1 saturated heterocycles. The summed E-state index contributed by atoms with van der Waals surface area (Å²) in [7, 11) is 0. The predicted molar refractivity (Wildman–Crippen MR) is 58.6 cm³/mol. The largest absolute Gasteiger partial charge is 0.394 e. The van der Waals surface area contributed by atoms with Crippen molar-refractivity contribution in [2.45, 2.75) is 18.9 Å². The van der Waals surface area contributed by atoms with Crippen LogP contribution in [-0.4, -0.2) is 24.3 Å².